The van der Waals surface area contributed by atoms with E-state index in [4.69, 9.17) is 9.47 Å². The Balaban J connectivity index is 1.61. The molecule has 2 aromatic carbocycles. The van der Waals surface area contributed by atoms with Crippen LogP contribution in [-0.2, 0) is 6.42 Å². The highest BCUT2D eigenvalue weighted by Crippen LogP contribution is 2.29. The molecule has 3 rings (SSSR count). The van der Waals surface area contributed by atoms with E-state index in [9.17, 15) is 9.18 Å². The van der Waals surface area contributed by atoms with E-state index in [1.807, 2.05) is 6.07 Å². The summed E-state index contributed by atoms with van der Waals surface area (Å²) < 4.78 is 24.2. The molecule has 0 radical (unpaired) electrons. The summed E-state index contributed by atoms with van der Waals surface area (Å²) in [6.45, 7) is 0.540. The van der Waals surface area contributed by atoms with Crippen molar-refractivity contribution in [1.82, 2.24) is 4.98 Å². The van der Waals surface area contributed by atoms with E-state index in [0.717, 1.165) is 0 Å². The summed E-state index contributed by atoms with van der Waals surface area (Å²) in [6, 6.07) is 15.3. The minimum atomic E-state index is -0.360. The van der Waals surface area contributed by atoms with Crippen molar-refractivity contribution in [3.8, 4) is 11.5 Å². The number of carbonyl (C=O) groups excluding carboxylic acids is 1. The molecule has 1 heterocycles. The van der Waals surface area contributed by atoms with Gasteiger partial charge in [0.05, 0.1) is 26.1 Å². The van der Waals surface area contributed by atoms with Gasteiger partial charge in [0.2, 0.25) is 0 Å². The van der Waals surface area contributed by atoms with Crippen LogP contribution in [0.5, 0.6) is 11.5 Å². The maximum absolute atomic E-state index is 13.6. The second kappa shape index (κ2) is 9.54. The Hall–Kier alpha value is -3.61. The first kappa shape index (κ1) is 20.1. The number of aromatic nitrogens is 1. The van der Waals surface area contributed by atoms with E-state index in [2.05, 4.69) is 15.6 Å². The normalized spacial score (nSPS) is 10.3. The summed E-state index contributed by atoms with van der Waals surface area (Å²) in [5.41, 5.74) is 1.49. The smallest absolute Gasteiger partial charge is 0.263 e. The van der Waals surface area contributed by atoms with Crippen LogP contribution in [0.4, 0.5) is 15.9 Å². The van der Waals surface area contributed by atoms with Crippen LogP contribution in [0.1, 0.15) is 15.9 Å². The summed E-state index contributed by atoms with van der Waals surface area (Å²) in [5, 5.41) is 5.92. The van der Waals surface area contributed by atoms with Gasteiger partial charge >= 0.3 is 0 Å². The number of halogens is 1. The SMILES string of the molecule is COc1cccc(OC)c1C(=O)Nc1ccc(NCCc2ccccc2F)nc1. The number of nitrogens with one attached hydrogen (secondary N) is 2. The van der Waals surface area contributed by atoms with Crippen LogP contribution < -0.4 is 20.1 Å². The van der Waals surface area contributed by atoms with Crippen molar-refractivity contribution >= 4 is 17.4 Å². The quantitative estimate of drug-likeness (QED) is 0.600. The molecule has 150 valence electrons. The number of benzene rings is 2. The lowest BCUT2D eigenvalue weighted by atomic mass is 10.1. The molecular formula is C22H22FN3O3. The first-order chi connectivity index (χ1) is 14.1. The van der Waals surface area contributed by atoms with E-state index in [0.29, 0.717) is 47.1 Å². The predicted octanol–water partition coefficient (Wildman–Crippen LogP) is 4.14. The van der Waals surface area contributed by atoms with E-state index in [1.54, 1.807) is 48.7 Å². The molecule has 0 spiro atoms. The molecule has 0 unspecified atom stereocenters. The van der Waals surface area contributed by atoms with Crippen LogP contribution in [0.15, 0.2) is 60.8 Å². The average molecular weight is 395 g/mol. The van der Waals surface area contributed by atoms with Crippen molar-refractivity contribution in [1.29, 1.82) is 0 Å². The molecule has 1 amide bonds. The van der Waals surface area contributed by atoms with Gasteiger partial charge in [-0.3, -0.25) is 4.79 Å². The maximum atomic E-state index is 13.6. The van der Waals surface area contributed by atoms with Crippen molar-refractivity contribution in [3.63, 3.8) is 0 Å². The zero-order chi connectivity index (χ0) is 20.6. The average Bonchev–Trinajstić information content (AvgIpc) is 2.75. The minimum Gasteiger partial charge on any atom is -0.496 e. The number of rotatable bonds is 8. The van der Waals surface area contributed by atoms with Crippen LogP contribution in [0.3, 0.4) is 0 Å². The van der Waals surface area contributed by atoms with E-state index in [1.165, 1.54) is 20.3 Å². The second-order valence-corrected chi connectivity index (χ2v) is 6.19. The van der Waals surface area contributed by atoms with Gasteiger partial charge in [0.25, 0.3) is 5.91 Å². The third kappa shape index (κ3) is 5.01. The molecule has 0 atom stereocenters. The largest absolute Gasteiger partial charge is 0.496 e. The Bertz CT molecular complexity index is 955. The van der Waals surface area contributed by atoms with E-state index >= 15 is 0 Å². The molecular weight excluding hydrogens is 373 g/mol. The maximum Gasteiger partial charge on any atom is 0.263 e. The number of ether oxygens (including phenoxy) is 2. The van der Waals surface area contributed by atoms with Gasteiger partial charge < -0.3 is 20.1 Å². The molecule has 0 saturated carbocycles. The molecule has 6 nitrogen and oxygen atoms in total. The Kier molecular flexibility index (Phi) is 6.63. The summed E-state index contributed by atoms with van der Waals surface area (Å²) in [5.74, 6) is 0.894. The zero-order valence-electron chi connectivity index (χ0n) is 16.2. The minimum absolute atomic E-state index is 0.216. The summed E-state index contributed by atoms with van der Waals surface area (Å²) in [6.07, 6.45) is 2.09. The third-order valence-corrected chi connectivity index (χ3v) is 4.33. The third-order valence-electron chi connectivity index (χ3n) is 4.33. The van der Waals surface area contributed by atoms with Crippen molar-refractivity contribution in [3.05, 3.63) is 77.7 Å². The Labute approximate surface area is 168 Å². The molecule has 1 aromatic heterocycles. The zero-order valence-corrected chi connectivity index (χ0v) is 16.2. The first-order valence-corrected chi connectivity index (χ1v) is 9.08. The Morgan fingerprint density at radius 1 is 1.00 bits per heavy atom. The highest BCUT2D eigenvalue weighted by molar-refractivity contribution is 6.08. The van der Waals surface area contributed by atoms with Crippen LogP contribution in [0, 0.1) is 5.82 Å². The number of amides is 1. The van der Waals surface area contributed by atoms with Gasteiger partial charge in [-0.05, 0) is 42.3 Å². The van der Waals surface area contributed by atoms with Crippen molar-refractivity contribution in [2.24, 2.45) is 0 Å². The molecule has 0 aliphatic heterocycles. The number of hydrogen-bond donors (Lipinski definition) is 2. The van der Waals surface area contributed by atoms with Crippen LogP contribution in [0.2, 0.25) is 0 Å². The van der Waals surface area contributed by atoms with Crippen LogP contribution in [-0.4, -0.2) is 31.7 Å². The Morgan fingerprint density at radius 3 is 2.34 bits per heavy atom. The topological polar surface area (TPSA) is 72.5 Å². The van der Waals surface area contributed by atoms with Crippen molar-refractivity contribution in [2.75, 3.05) is 31.4 Å². The lowest BCUT2D eigenvalue weighted by Crippen LogP contribution is -2.15. The van der Waals surface area contributed by atoms with Crippen LogP contribution >= 0.6 is 0 Å². The fraction of sp³-hybridized carbons (Fsp3) is 0.182. The summed E-state index contributed by atoms with van der Waals surface area (Å²) >= 11 is 0. The predicted molar refractivity (Wildman–Crippen MR) is 110 cm³/mol. The van der Waals surface area contributed by atoms with Crippen molar-refractivity contribution in [2.45, 2.75) is 6.42 Å². The monoisotopic (exact) mass is 395 g/mol. The van der Waals surface area contributed by atoms with Gasteiger partial charge in [0, 0.05) is 6.54 Å². The van der Waals surface area contributed by atoms with Gasteiger partial charge in [-0.1, -0.05) is 24.3 Å². The fourth-order valence-corrected chi connectivity index (χ4v) is 2.87. The lowest BCUT2D eigenvalue weighted by molar-refractivity contribution is 0.102. The lowest BCUT2D eigenvalue weighted by Gasteiger charge is -2.13. The first-order valence-electron chi connectivity index (χ1n) is 9.08. The van der Waals surface area contributed by atoms with Gasteiger partial charge in [0.1, 0.15) is 28.7 Å². The van der Waals surface area contributed by atoms with Gasteiger partial charge in [-0.2, -0.15) is 0 Å². The van der Waals surface area contributed by atoms with Crippen LogP contribution in [0.25, 0.3) is 0 Å². The highest BCUT2D eigenvalue weighted by Gasteiger charge is 2.18. The summed E-state index contributed by atoms with van der Waals surface area (Å²) in [7, 11) is 2.99. The Morgan fingerprint density at radius 2 is 1.72 bits per heavy atom. The number of carbonyl (C=O) groups is 1. The molecule has 29 heavy (non-hydrogen) atoms. The van der Waals surface area contributed by atoms with Crippen molar-refractivity contribution < 1.29 is 18.7 Å². The fourth-order valence-electron chi connectivity index (χ4n) is 2.87. The highest BCUT2D eigenvalue weighted by atomic mass is 19.1. The number of anilines is 2. The number of nitrogens with zero attached hydrogens (tertiary/aromatic N) is 1. The molecule has 7 heteroatoms. The molecule has 0 fully saturated rings. The number of pyridine rings is 1. The molecule has 0 aliphatic rings. The van der Waals surface area contributed by atoms with Gasteiger partial charge in [-0.25, -0.2) is 9.37 Å². The second-order valence-electron chi connectivity index (χ2n) is 6.19. The molecule has 0 bridgehead atoms. The standard InChI is InChI=1S/C22H22FN3O3/c1-28-18-8-5-9-19(29-2)21(18)22(27)26-16-10-11-20(25-14-16)24-13-12-15-6-3-4-7-17(15)23/h3-11,14H,12-13H2,1-2H3,(H,24,25)(H,26,27). The number of methoxy groups -OCH3 is 2. The molecule has 3 aromatic rings. The molecule has 0 aliphatic carbocycles. The summed E-state index contributed by atoms with van der Waals surface area (Å²) in [4.78, 5) is 17.0. The molecule has 0 saturated heterocycles. The van der Waals surface area contributed by atoms with Gasteiger partial charge in [0.15, 0.2) is 0 Å². The number of hydrogen-bond acceptors (Lipinski definition) is 5. The van der Waals surface area contributed by atoms with Gasteiger partial charge in [-0.15, -0.1) is 0 Å². The van der Waals surface area contributed by atoms with E-state index in [-0.39, 0.29) is 11.7 Å². The molecule has 2 N–H and O–H groups in total. The van der Waals surface area contributed by atoms with E-state index < -0.39 is 0 Å².